The van der Waals surface area contributed by atoms with E-state index in [1.165, 1.54) is 0 Å². The predicted molar refractivity (Wildman–Crippen MR) is 47.0 cm³/mol. The molecule has 1 atom stereocenters. The Kier molecular flexibility index (Phi) is 1.96. The SMILES string of the molecule is NCC(O)c1cnc2ccnn2c1. The molecule has 0 aliphatic rings. The van der Waals surface area contributed by atoms with E-state index in [-0.39, 0.29) is 6.54 Å². The first-order chi connectivity index (χ1) is 6.31. The Bertz CT molecular complexity index is 411. The molecule has 0 aliphatic heterocycles. The summed E-state index contributed by atoms with van der Waals surface area (Å²) in [5.41, 5.74) is 6.75. The zero-order chi connectivity index (χ0) is 9.26. The molecule has 0 saturated heterocycles. The van der Waals surface area contributed by atoms with Crippen LogP contribution in [0.15, 0.2) is 24.7 Å². The molecule has 3 N–H and O–H groups in total. The number of aromatic nitrogens is 3. The summed E-state index contributed by atoms with van der Waals surface area (Å²) in [4.78, 5) is 4.10. The monoisotopic (exact) mass is 178 g/mol. The normalized spacial score (nSPS) is 13.4. The number of nitrogens with zero attached hydrogens (tertiary/aromatic N) is 3. The van der Waals surface area contributed by atoms with Crippen LogP contribution in [0, 0.1) is 0 Å². The highest BCUT2D eigenvalue weighted by Crippen LogP contribution is 2.09. The van der Waals surface area contributed by atoms with Gasteiger partial charge in [-0.1, -0.05) is 0 Å². The average Bonchev–Trinajstić information content (AvgIpc) is 2.63. The Balaban J connectivity index is 2.48. The van der Waals surface area contributed by atoms with Gasteiger partial charge in [0.25, 0.3) is 0 Å². The summed E-state index contributed by atoms with van der Waals surface area (Å²) in [6.45, 7) is 0.189. The van der Waals surface area contributed by atoms with Gasteiger partial charge in [-0.25, -0.2) is 9.50 Å². The summed E-state index contributed by atoms with van der Waals surface area (Å²) in [6, 6.07) is 1.79. The Morgan fingerprint density at radius 2 is 2.46 bits per heavy atom. The molecule has 2 aromatic heterocycles. The Morgan fingerprint density at radius 3 is 3.23 bits per heavy atom. The Hall–Kier alpha value is -1.46. The van der Waals surface area contributed by atoms with E-state index in [0.717, 1.165) is 5.65 Å². The minimum atomic E-state index is -0.666. The van der Waals surface area contributed by atoms with Crippen molar-refractivity contribution in [2.45, 2.75) is 6.10 Å². The largest absolute Gasteiger partial charge is 0.387 e. The third-order valence-corrected chi connectivity index (χ3v) is 1.87. The van der Waals surface area contributed by atoms with Gasteiger partial charge in [-0.2, -0.15) is 5.10 Å². The fourth-order valence-electron chi connectivity index (χ4n) is 1.13. The molecule has 68 valence electrons. The van der Waals surface area contributed by atoms with Crippen molar-refractivity contribution in [1.82, 2.24) is 14.6 Å². The van der Waals surface area contributed by atoms with Gasteiger partial charge in [-0.3, -0.25) is 0 Å². The molecule has 2 rings (SSSR count). The maximum Gasteiger partial charge on any atom is 0.154 e. The summed E-state index contributed by atoms with van der Waals surface area (Å²) in [5.74, 6) is 0. The van der Waals surface area contributed by atoms with Gasteiger partial charge in [0.05, 0.1) is 12.3 Å². The van der Waals surface area contributed by atoms with Crippen molar-refractivity contribution >= 4 is 5.65 Å². The first-order valence-corrected chi connectivity index (χ1v) is 3.98. The zero-order valence-corrected chi connectivity index (χ0v) is 6.96. The van der Waals surface area contributed by atoms with Gasteiger partial charge in [0.15, 0.2) is 5.65 Å². The van der Waals surface area contributed by atoms with Crippen molar-refractivity contribution in [3.05, 3.63) is 30.2 Å². The number of aliphatic hydroxyl groups excluding tert-OH is 1. The van der Waals surface area contributed by atoms with Crippen molar-refractivity contribution in [2.24, 2.45) is 5.73 Å². The van der Waals surface area contributed by atoms with Crippen LogP contribution in [0.4, 0.5) is 0 Å². The lowest BCUT2D eigenvalue weighted by Crippen LogP contribution is -2.12. The summed E-state index contributed by atoms with van der Waals surface area (Å²) >= 11 is 0. The molecule has 5 heteroatoms. The number of nitrogens with two attached hydrogens (primary N) is 1. The molecule has 2 heterocycles. The maximum atomic E-state index is 9.42. The third-order valence-electron chi connectivity index (χ3n) is 1.87. The molecule has 13 heavy (non-hydrogen) atoms. The van der Waals surface area contributed by atoms with E-state index in [1.54, 1.807) is 29.2 Å². The van der Waals surface area contributed by atoms with Crippen LogP contribution in [0.5, 0.6) is 0 Å². The van der Waals surface area contributed by atoms with E-state index in [4.69, 9.17) is 5.73 Å². The molecule has 0 spiro atoms. The molecule has 0 aromatic carbocycles. The van der Waals surface area contributed by atoms with Gasteiger partial charge in [0, 0.05) is 30.6 Å². The summed E-state index contributed by atoms with van der Waals surface area (Å²) < 4.78 is 1.61. The van der Waals surface area contributed by atoms with E-state index >= 15 is 0 Å². The van der Waals surface area contributed by atoms with E-state index in [9.17, 15) is 5.11 Å². The van der Waals surface area contributed by atoms with Crippen LogP contribution < -0.4 is 5.73 Å². The molecule has 0 bridgehead atoms. The third kappa shape index (κ3) is 1.39. The summed E-state index contributed by atoms with van der Waals surface area (Å²) in [5, 5.41) is 13.4. The number of hydrogen-bond acceptors (Lipinski definition) is 4. The molecular formula is C8H10N4O. The second kappa shape index (κ2) is 3.12. The lowest BCUT2D eigenvalue weighted by Gasteiger charge is -2.06. The lowest BCUT2D eigenvalue weighted by molar-refractivity contribution is 0.185. The second-order valence-electron chi connectivity index (χ2n) is 2.77. The van der Waals surface area contributed by atoms with Crippen molar-refractivity contribution in [2.75, 3.05) is 6.54 Å². The maximum absolute atomic E-state index is 9.42. The van der Waals surface area contributed by atoms with E-state index in [2.05, 4.69) is 10.1 Å². The van der Waals surface area contributed by atoms with Crippen molar-refractivity contribution < 1.29 is 5.11 Å². The van der Waals surface area contributed by atoms with Gasteiger partial charge in [-0.05, 0) is 0 Å². The van der Waals surface area contributed by atoms with Crippen molar-refractivity contribution in [1.29, 1.82) is 0 Å². The predicted octanol–water partition coefficient (Wildman–Crippen LogP) is -0.279. The van der Waals surface area contributed by atoms with E-state index in [1.807, 2.05) is 0 Å². The molecule has 1 unspecified atom stereocenters. The van der Waals surface area contributed by atoms with Crippen molar-refractivity contribution in [3.8, 4) is 0 Å². The van der Waals surface area contributed by atoms with Crippen LogP contribution in [0.3, 0.4) is 0 Å². The van der Waals surface area contributed by atoms with Gasteiger partial charge in [0.1, 0.15) is 0 Å². The number of fused-ring (bicyclic) bond motifs is 1. The molecular weight excluding hydrogens is 168 g/mol. The fourth-order valence-corrected chi connectivity index (χ4v) is 1.13. The molecule has 5 nitrogen and oxygen atoms in total. The van der Waals surface area contributed by atoms with Gasteiger partial charge < -0.3 is 10.8 Å². The van der Waals surface area contributed by atoms with Gasteiger partial charge in [0.2, 0.25) is 0 Å². The molecule has 0 fully saturated rings. The minimum absolute atomic E-state index is 0.189. The summed E-state index contributed by atoms with van der Waals surface area (Å²) in [7, 11) is 0. The van der Waals surface area contributed by atoms with Crippen LogP contribution >= 0.6 is 0 Å². The Labute approximate surface area is 74.8 Å². The van der Waals surface area contributed by atoms with Gasteiger partial charge in [-0.15, -0.1) is 0 Å². The Morgan fingerprint density at radius 1 is 1.62 bits per heavy atom. The second-order valence-corrected chi connectivity index (χ2v) is 2.77. The fraction of sp³-hybridized carbons (Fsp3) is 0.250. The van der Waals surface area contributed by atoms with E-state index in [0.29, 0.717) is 5.56 Å². The van der Waals surface area contributed by atoms with Crippen LogP contribution in [-0.4, -0.2) is 26.2 Å². The molecule has 0 aliphatic carbocycles. The van der Waals surface area contributed by atoms with Crippen molar-refractivity contribution in [3.63, 3.8) is 0 Å². The molecule has 0 saturated carbocycles. The van der Waals surface area contributed by atoms with Gasteiger partial charge >= 0.3 is 0 Å². The lowest BCUT2D eigenvalue weighted by atomic mass is 10.2. The van der Waals surface area contributed by atoms with Crippen LogP contribution in [-0.2, 0) is 0 Å². The number of hydrogen-bond donors (Lipinski definition) is 2. The zero-order valence-electron chi connectivity index (χ0n) is 6.96. The van der Waals surface area contributed by atoms with Crippen LogP contribution in [0.25, 0.3) is 5.65 Å². The smallest absolute Gasteiger partial charge is 0.154 e. The first kappa shape index (κ1) is 8.15. The van der Waals surface area contributed by atoms with E-state index < -0.39 is 6.10 Å². The topological polar surface area (TPSA) is 76.4 Å². The number of aliphatic hydroxyl groups is 1. The minimum Gasteiger partial charge on any atom is -0.387 e. The molecule has 2 aromatic rings. The summed E-state index contributed by atoms with van der Waals surface area (Å²) in [6.07, 6.45) is 4.32. The first-order valence-electron chi connectivity index (χ1n) is 3.98. The average molecular weight is 178 g/mol. The van der Waals surface area contributed by atoms with Crippen LogP contribution in [0.1, 0.15) is 11.7 Å². The standard InChI is InChI=1S/C8H10N4O/c9-3-7(13)6-4-10-8-1-2-11-12(8)5-6/h1-2,4-5,7,13H,3,9H2. The number of rotatable bonds is 2. The highest BCUT2D eigenvalue weighted by atomic mass is 16.3. The highest BCUT2D eigenvalue weighted by Gasteiger charge is 2.06. The molecule has 0 amide bonds. The van der Waals surface area contributed by atoms with Crippen LogP contribution in [0.2, 0.25) is 0 Å². The molecule has 0 radical (unpaired) electrons. The quantitative estimate of drug-likeness (QED) is 0.663. The highest BCUT2D eigenvalue weighted by molar-refractivity contribution is 5.36.